The summed E-state index contributed by atoms with van der Waals surface area (Å²) < 4.78 is 4.55. The molecule has 0 aromatic carbocycles. The fraction of sp³-hybridized carbons (Fsp3) is 0.929. The van der Waals surface area contributed by atoms with Crippen molar-refractivity contribution in [2.45, 2.75) is 71.6 Å². The second kappa shape index (κ2) is 7.10. The van der Waals surface area contributed by atoms with Gasteiger partial charge in [0, 0.05) is 11.6 Å². The first-order valence-electron chi connectivity index (χ1n) is 6.61. The molecule has 0 spiro atoms. The van der Waals surface area contributed by atoms with Crippen molar-refractivity contribution < 1.29 is 14.6 Å². The molecule has 0 aliphatic carbocycles. The quantitative estimate of drug-likeness (QED) is 0.772. The molecule has 1 rings (SSSR count). The lowest BCUT2D eigenvalue weighted by Gasteiger charge is -2.36. The lowest BCUT2D eigenvalue weighted by Crippen LogP contribution is -2.45. The lowest BCUT2D eigenvalue weighted by molar-refractivity contribution is -0.138. The predicted octanol–water partition coefficient (Wildman–Crippen LogP) is 2.20. The molecule has 0 aromatic rings. The number of aliphatic hydroxyl groups excluding tert-OH is 1. The van der Waals surface area contributed by atoms with Gasteiger partial charge in [-0.2, -0.15) is 0 Å². The van der Waals surface area contributed by atoms with Gasteiger partial charge in [0.05, 0.1) is 6.61 Å². The summed E-state index contributed by atoms with van der Waals surface area (Å²) in [6, 6.07) is 0.412. The summed E-state index contributed by atoms with van der Waals surface area (Å²) >= 11 is 0. The molecule has 1 aliphatic rings. The van der Waals surface area contributed by atoms with Crippen molar-refractivity contribution in [3.8, 4) is 0 Å². The Morgan fingerprint density at radius 2 is 1.83 bits per heavy atom. The van der Waals surface area contributed by atoms with Crippen LogP contribution in [0.1, 0.15) is 54.4 Å². The topological polar surface area (TPSA) is 49.8 Å². The first kappa shape index (κ1) is 17.4. The van der Waals surface area contributed by atoms with Crippen LogP contribution < -0.4 is 0 Å². The average molecular weight is 259 g/mol. The monoisotopic (exact) mass is 259 g/mol. The second-order valence-electron chi connectivity index (χ2n) is 6.67. The van der Waals surface area contributed by atoms with Crippen LogP contribution in [0.3, 0.4) is 0 Å². The van der Waals surface area contributed by atoms with Crippen LogP contribution in [0.25, 0.3) is 0 Å². The minimum atomic E-state index is -0.318. The van der Waals surface area contributed by atoms with E-state index in [4.69, 9.17) is 5.11 Å². The molecule has 1 N–H and O–H groups in total. The number of carbonyl (C=O) groups excluding carboxylic acids is 1. The zero-order valence-electron chi connectivity index (χ0n) is 12.7. The summed E-state index contributed by atoms with van der Waals surface area (Å²) in [6.07, 6.45) is 2.40. The molecule has 0 bridgehead atoms. The SMILES string of the molecule is CC(C)(C)N1CCCC1CO.CC(C)(C)OC=O. The predicted molar refractivity (Wildman–Crippen MR) is 73.5 cm³/mol. The highest BCUT2D eigenvalue weighted by molar-refractivity contribution is 5.37. The van der Waals surface area contributed by atoms with E-state index < -0.39 is 0 Å². The molecular formula is C14H29NO3. The van der Waals surface area contributed by atoms with Crippen molar-refractivity contribution in [3.05, 3.63) is 0 Å². The van der Waals surface area contributed by atoms with Gasteiger partial charge in [-0.1, -0.05) is 0 Å². The summed E-state index contributed by atoms with van der Waals surface area (Å²) in [4.78, 5) is 12.0. The smallest absolute Gasteiger partial charge is 0.293 e. The Hall–Kier alpha value is -0.610. The first-order chi connectivity index (χ1) is 8.11. The van der Waals surface area contributed by atoms with E-state index >= 15 is 0 Å². The van der Waals surface area contributed by atoms with Crippen LogP contribution in [0.4, 0.5) is 0 Å². The van der Waals surface area contributed by atoms with Gasteiger partial charge < -0.3 is 9.84 Å². The summed E-state index contributed by atoms with van der Waals surface area (Å²) in [7, 11) is 0. The van der Waals surface area contributed by atoms with Gasteiger partial charge in [-0.3, -0.25) is 9.69 Å². The highest BCUT2D eigenvalue weighted by Gasteiger charge is 2.31. The number of rotatable bonds is 2. The average Bonchev–Trinajstić information content (AvgIpc) is 2.63. The van der Waals surface area contributed by atoms with Crippen LogP contribution in [-0.2, 0) is 9.53 Å². The van der Waals surface area contributed by atoms with E-state index in [-0.39, 0.29) is 11.1 Å². The second-order valence-corrected chi connectivity index (χ2v) is 6.67. The minimum Gasteiger partial charge on any atom is -0.462 e. The lowest BCUT2D eigenvalue weighted by atomic mass is 10.1. The standard InChI is InChI=1S/C9H19NO.C5H10O2/c1-9(2,3)10-6-4-5-8(10)7-11;1-5(2,3)7-4-6/h8,11H,4-7H2,1-3H3;4H,1-3H3. The van der Waals surface area contributed by atoms with Gasteiger partial charge in [-0.05, 0) is 60.9 Å². The highest BCUT2D eigenvalue weighted by Crippen LogP contribution is 2.25. The van der Waals surface area contributed by atoms with Crippen LogP contribution in [0.2, 0.25) is 0 Å². The van der Waals surface area contributed by atoms with Gasteiger partial charge in [0.2, 0.25) is 0 Å². The van der Waals surface area contributed by atoms with Crippen molar-refractivity contribution in [1.82, 2.24) is 4.90 Å². The van der Waals surface area contributed by atoms with Crippen LogP contribution in [0.5, 0.6) is 0 Å². The molecule has 1 aliphatic heterocycles. The molecule has 108 valence electrons. The number of hydrogen-bond donors (Lipinski definition) is 1. The molecule has 0 amide bonds. The fourth-order valence-electron chi connectivity index (χ4n) is 2.05. The molecule has 4 nitrogen and oxygen atoms in total. The number of ether oxygens (including phenoxy) is 1. The van der Waals surface area contributed by atoms with Gasteiger partial charge >= 0.3 is 0 Å². The minimum absolute atomic E-state index is 0.226. The number of hydrogen-bond acceptors (Lipinski definition) is 4. The van der Waals surface area contributed by atoms with Gasteiger partial charge in [0.15, 0.2) is 0 Å². The van der Waals surface area contributed by atoms with E-state index in [1.165, 1.54) is 6.42 Å². The maximum atomic E-state index is 9.60. The van der Waals surface area contributed by atoms with Crippen molar-refractivity contribution >= 4 is 6.47 Å². The van der Waals surface area contributed by atoms with Crippen molar-refractivity contribution in [1.29, 1.82) is 0 Å². The number of likely N-dealkylation sites (tertiary alicyclic amines) is 1. The van der Waals surface area contributed by atoms with Crippen molar-refractivity contribution in [2.75, 3.05) is 13.2 Å². The molecule has 4 heteroatoms. The summed E-state index contributed by atoms with van der Waals surface area (Å²) in [5.74, 6) is 0. The molecule has 1 heterocycles. The Morgan fingerprint density at radius 1 is 1.28 bits per heavy atom. The van der Waals surface area contributed by atoms with Crippen LogP contribution in [0, 0.1) is 0 Å². The molecule has 0 radical (unpaired) electrons. The van der Waals surface area contributed by atoms with Gasteiger partial charge in [-0.25, -0.2) is 0 Å². The maximum absolute atomic E-state index is 9.60. The molecule has 18 heavy (non-hydrogen) atoms. The van der Waals surface area contributed by atoms with Crippen molar-refractivity contribution in [3.63, 3.8) is 0 Å². The Labute approximate surface area is 111 Å². The third kappa shape index (κ3) is 6.97. The Balaban J connectivity index is 0.000000360. The number of carbonyl (C=O) groups is 1. The summed E-state index contributed by atoms with van der Waals surface area (Å²) in [5.41, 5.74) is -0.0916. The number of aliphatic hydroxyl groups is 1. The molecule has 1 atom stereocenters. The molecule has 1 unspecified atom stereocenters. The molecule has 1 saturated heterocycles. The number of nitrogens with zero attached hydrogens (tertiary/aromatic N) is 1. The first-order valence-corrected chi connectivity index (χ1v) is 6.61. The van der Waals surface area contributed by atoms with Crippen LogP contribution >= 0.6 is 0 Å². The van der Waals surface area contributed by atoms with E-state index in [1.54, 1.807) is 0 Å². The normalized spacial score (nSPS) is 21.2. The van der Waals surface area contributed by atoms with Gasteiger partial charge in [-0.15, -0.1) is 0 Å². The zero-order chi connectivity index (χ0) is 14.4. The highest BCUT2D eigenvalue weighted by atomic mass is 16.5. The zero-order valence-corrected chi connectivity index (χ0v) is 12.7. The summed E-state index contributed by atoms with van der Waals surface area (Å²) in [5, 5.41) is 9.06. The van der Waals surface area contributed by atoms with Gasteiger partial charge in [0.25, 0.3) is 6.47 Å². The third-order valence-electron chi connectivity index (χ3n) is 2.85. The van der Waals surface area contributed by atoms with E-state index in [9.17, 15) is 4.79 Å². The molecule has 0 aromatic heterocycles. The Morgan fingerprint density at radius 3 is 2.06 bits per heavy atom. The van der Waals surface area contributed by atoms with Crippen LogP contribution in [-0.4, -0.2) is 46.8 Å². The Bertz CT molecular complexity index is 240. The Kier molecular flexibility index (Phi) is 6.86. The van der Waals surface area contributed by atoms with E-state index in [0.717, 1.165) is 13.0 Å². The fourth-order valence-corrected chi connectivity index (χ4v) is 2.05. The molecule has 1 fully saturated rings. The van der Waals surface area contributed by atoms with Gasteiger partial charge in [0.1, 0.15) is 5.60 Å². The third-order valence-corrected chi connectivity index (χ3v) is 2.85. The summed E-state index contributed by atoms with van der Waals surface area (Å²) in [6.45, 7) is 14.0. The van der Waals surface area contributed by atoms with E-state index in [1.807, 2.05) is 20.8 Å². The largest absolute Gasteiger partial charge is 0.462 e. The molecular weight excluding hydrogens is 230 g/mol. The van der Waals surface area contributed by atoms with E-state index in [2.05, 4.69) is 30.4 Å². The van der Waals surface area contributed by atoms with Crippen molar-refractivity contribution in [2.24, 2.45) is 0 Å². The van der Waals surface area contributed by atoms with Crippen LogP contribution in [0.15, 0.2) is 0 Å². The maximum Gasteiger partial charge on any atom is 0.293 e. The van der Waals surface area contributed by atoms with E-state index in [0.29, 0.717) is 19.1 Å². The molecule has 0 saturated carbocycles.